The molecule has 3 N–H and O–H groups in total. The fraction of sp³-hybridized carbons (Fsp3) is 0. The largest absolute Gasteiger partial charge is 0.378 e. The van der Waals surface area contributed by atoms with E-state index >= 15 is 0 Å². The maximum atomic E-state index is 11.4. The van der Waals surface area contributed by atoms with Gasteiger partial charge in [0.1, 0.15) is 0 Å². The molecule has 8 nitrogen and oxygen atoms in total. The first kappa shape index (κ1) is 13.9. The van der Waals surface area contributed by atoms with Crippen molar-refractivity contribution in [1.82, 2.24) is 5.43 Å². The molecule has 0 aliphatic heterocycles. The molecule has 0 bridgehead atoms. The van der Waals surface area contributed by atoms with E-state index in [-0.39, 0.29) is 10.1 Å². The van der Waals surface area contributed by atoms with Crippen LogP contribution in [0.3, 0.4) is 0 Å². The van der Waals surface area contributed by atoms with Crippen LogP contribution >= 0.6 is 0 Å². The van der Waals surface area contributed by atoms with Crippen LogP contribution in [0.25, 0.3) is 10.8 Å². The van der Waals surface area contributed by atoms with Crippen molar-refractivity contribution in [2.75, 3.05) is 4.41 Å². The normalized spacial score (nSPS) is 11.1. The molecule has 0 saturated carbocycles. The molecule has 104 valence electrons. The van der Waals surface area contributed by atoms with Gasteiger partial charge in [-0.05, 0) is 11.5 Å². The summed E-state index contributed by atoms with van der Waals surface area (Å²) in [6, 6.07) is 10.3. The minimum atomic E-state index is -4.76. The monoisotopic (exact) mass is 294 g/mol. The minimum absolute atomic E-state index is 0.0441. The number of rotatable bonds is 3. The Kier molecular flexibility index (Phi) is 3.63. The second kappa shape index (κ2) is 5.23. The van der Waals surface area contributed by atoms with E-state index in [9.17, 15) is 17.8 Å². The second-order valence-electron chi connectivity index (χ2n) is 3.77. The molecule has 0 spiro atoms. The Hall–Kier alpha value is -2.52. The van der Waals surface area contributed by atoms with E-state index in [0.29, 0.717) is 5.39 Å². The van der Waals surface area contributed by atoms with Gasteiger partial charge in [-0.1, -0.05) is 41.5 Å². The van der Waals surface area contributed by atoms with Crippen LogP contribution < -0.4 is 9.84 Å². The quantitative estimate of drug-likeness (QED) is 0.455. The van der Waals surface area contributed by atoms with Crippen LogP contribution in [0.5, 0.6) is 0 Å². The third-order valence-electron chi connectivity index (χ3n) is 2.51. The zero-order chi connectivity index (χ0) is 14.8. The van der Waals surface area contributed by atoms with Crippen molar-refractivity contribution in [3.05, 3.63) is 42.5 Å². The summed E-state index contributed by atoms with van der Waals surface area (Å²) in [6.45, 7) is 0. The maximum absolute atomic E-state index is 11.4. The lowest BCUT2D eigenvalue weighted by molar-refractivity contribution is 0.247. The predicted molar refractivity (Wildman–Crippen MR) is 71.7 cm³/mol. The first-order valence-corrected chi connectivity index (χ1v) is 6.77. The standard InChI is InChI=1S/C11H10N4O4S/c12-13-11(16)14-15(20(17,18)19)10-7-3-5-8-4-1-2-6-9(8)10/h1-7,12H,(H,14,16)(H,17,18,19). The molecule has 2 amide bonds. The number of nitrogens with zero attached hydrogens (tertiary/aromatic N) is 2. The van der Waals surface area contributed by atoms with E-state index in [1.807, 2.05) is 5.43 Å². The molecule has 20 heavy (non-hydrogen) atoms. The highest BCUT2D eigenvalue weighted by Crippen LogP contribution is 2.27. The molecule has 0 saturated heterocycles. The van der Waals surface area contributed by atoms with Crippen molar-refractivity contribution in [3.63, 3.8) is 0 Å². The molecule has 2 aromatic carbocycles. The number of hydrogen-bond acceptors (Lipinski definition) is 4. The van der Waals surface area contributed by atoms with Gasteiger partial charge in [0.2, 0.25) is 0 Å². The molecule has 0 radical (unpaired) electrons. The van der Waals surface area contributed by atoms with E-state index in [0.717, 1.165) is 5.39 Å². The van der Waals surface area contributed by atoms with Crippen LogP contribution in [0.15, 0.2) is 47.6 Å². The van der Waals surface area contributed by atoms with Gasteiger partial charge in [0, 0.05) is 5.39 Å². The van der Waals surface area contributed by atoms with Crippen molar-refractivity contribution in [2.45, 2.75) is 0 Å². The highest BCUT2D eigenvalue weighted by Gasteiger charge is 2.23. The summed E-state index contributed by atoms with van der Waals surface area (Å²) in [5.41, 5.74) is 8.40. The number of carbonyl (C=O) groups excluding carboxylic acids is 1. The lowest BCUT2D eigenvalue weighted by atomic mass is 10.1. The molecular weight excluding hydrogens is 284 g/mol. The molecule has 0 aromatic heterocycles. The number of hydrazine groups is 1. The molecule has 2 rings (SSSR count). The van der Waals surface area contributed by atoms with Gasteiger partial charge in [0.15, 0.2) is 0 Å². The van der Waals surface area contributed by atoms with Gasteiger partial charge < -0.3 is 0 Å². The molecule has 0 aliphatic rings. The van der Waals surface area contributed by atoms with Crippen molar-refractivity contribution in [2.24, 2.45) is 5.11 Å². The first-order chi connectivity index (χ1) is 9.43. The van der Waals surface area contributed by atoms with Crippen LogP contribution in [-0.4, -0.2) is 19.0 Å². The highest BCUT2D eigenvalue weighted by molar-refractivity contribution is 7.87. The van der Waals surface area contributed by atoms with E-state index < -0.39 is 16.3 Å². The third-order valence-corrected chi connectivity index (χ3v) is 3.26. The van der Waals surface area contributed by atoms with Crippen molar-refractivity contribution < 1.29 is 17.8 Å². The molecule has 2 aromatic rings. The summed E-state index contributed by atoms with van der Waals surface area (Å²) in [5, 5.41) is 3.75. The Morgan fingerprint density at radius 1 is 1.20 bits per heavy atom. The number of hydrogen-bond donors (Lipinski definition) is 3. The van der Waals surface area contributed by atoms with Crippen molar-refractivity contribution in [3.8, 4) is 0 Å². The SMILES string of the molecule is N=NC(=O)NN(c1cccc2ccccc12)S(=O)(=O)O. The number of amides is 2. The Morgan fingerprint density at radius 3 is 2.50 bits per heavy atom. The van der Waals surface area contributed by atoms with Crippen LogP contribution in [0.4, 0.5) is 10.5 Å². The molecular formula is C11H10N4O4S. The van der Waals surface area contributed by atoms with Crippen molar-refractivity contribution >= 4 is 32.8 Å². The van der Waals surface area contributed by atoms with Gasteiger partial charge in [-0.3, -0.25) is 4.55 Å². The Bertz CT molecular complexity index is 770. The van der Waals surface area contributed by atoms with E-state index in [4.69, 9.17) is 5.53 Å². The molecule has 0 unspecified atom stereocenters. The topological polar surface area (TPSA) is 123 Å². The third kappa shape index (κ3) is 2.73. The summed E-state index contributed by atoms with van der Waals surface area (Å²) in [4.78, 5) is 11.1. The average Bonchev–Trinajstić information content (AvgIpc) is 2.43. The summed E-state index contributed by atoms with van der Waals surface area (Å²) in [7, 11) is -4.76. The molecule has 0 fully saturated rings. The number of urea groups is 1. The van der Waals surface area contributed by atoms with Crippen LogP contribution in [-0.2, 0) is 10.3 Å². The predicted octanol–water partition coefficient (Wildman–Crippen LogP) is 2.10. The van der Waals surface area contributed by atoms with Crippen LogP contribution in [0, 0.1) is 5.53 Å². The number of benzene rings is 2. The van der Waals surface area contributed by atoms with E-state index in [1.165, 1.54) is 6.07 Å². The van der Waals surface area contributed by atoms with Gasteiger partial charge >= 0.3 is 16.3 Å². The number of nitrogens with one attached hydrogen (secondary N) is 2. The lowest BCUT2D eigenvalue weighted by Gasteiger charge is -2.21. The summed E-state index contributed by atoms with van der Waals surface area (Å²) < 4.78 is 32.3. The zero-order valence-electron chi connectivity index (χ0n) is 10.0. The summed E-state index contributed by atoms with van der Waals surface area (Å²) in [5.74, 6) is 0. The Balaban J connectivity index is 2.63. The smallest absolute Gasteiger partial charge is 0.268 e. The van der Waals surface area contributed by atoms with E-state index in [1.54, 1.807) is 36.4 Å². The van der Waals surface area contributed by atoms with E-state index in [2.05, 4.69) is 5.11 Å². The average molecular weight is 294 g/mol. The number of fused-ring (bicyclic) bond motifs is 1. The molecule has 0 heterocycles. The highest BCUT2D eigenvalue weighted by atomic mass is 32.2. The molecule has 9 heteroatoms. The number of carbonyl (C=O) groups is 1. The minimum Gasteiger partial charge on any atom is -0.268 e. The maximum Gasteiger partial charge on any atom is 0.378 e. The lowest BCUT2D eigenvalue weighted by Crippen LogP contribution is -2.45. The fourth-order valence-corrected chi connectivity index (χ4v) is 2.34. The van der Waals surface area contributed by atoms with Crippen LogP contribution in [0.2, 0.25) is 0 Å². The Morgan fingerprint density at radius 2 is 1.85 bits per heavy atom. The van der Waals surface area contributed by atoms with Gasteiger partial charge in [-0.15, -0.1) is 0 Å². The zero-order valence-corrected chi connectivity index (χ0v) is 10.8. The molecule has 0 atom stereocenters. The Labute approximate surface area is 114 Å². The summed E-state index contributed by atoms with van der Waals surface area (Å²) in [6.07, 6.45) is 0. The number of anilines is 1. The van der Waals surface area contributed by atoms with Crippen LogP contribution in [0.1, 0.15) is 0 Å². The molecule has 0 aliphatic carbocycles. The van der Waals surface area contributed by atoms with Gasteiger partial charge in [0.05, 0.1) is 5.69 Å². The second-order valence-corrected chi connectivity index (χ2v) is 5.03. The van der Waals surface area contributed by atoms with Gasteiger partial charge in [-0.25, -0.2) is 10.2 Å². The fourth-order valence-electron chi connectivity index (χ4n) is 1.74. The first-order valence-electron chi connectivity index (χ1n) is 5.37. The van der Waals surface area contributed by atoms with Crippen molar-refractivity contribution in [1.29, 1.82) is 5.53 Å². The van der Waals surface area contributed by atoms with Gasteiger partial charge in [0.25, 0.3) is 0 Å². The van der Waals surface area contributed by atoms with Gasteiger partial charge in [-0.2, -0.15) is 18.4 Å². The summed E-state index contributed by atoms with van der Waals surface area (Å²) >= 11 is 0.